The van der Waals surface area contributed by atoms with Crippen molar-refractivity contribution in [1.29, 1.82) is 0 Å². The minimum atomic E-state index is -0.579. The number of aliphatic hydroxyl groups is 2. The highest BCUT2D eigenvalue weighted by Crippen LogP contribution is 2.69. The Morgan fingerprint density at radius 3 is 2.42 bits per heavy atom. The molecular formula is C28H48O3. The van der Waals surface area contributed by atoms with Crippen molar-refractivity contribution in [2.24, 2.45) is 46.3 Å². The largest absolute Gasteiger partial charge is 0.393 e. The predicted octanol–water partition coefficient (Wildman–Crippen LogP) is 5.98. The topological polar surface area (TPSA) is 49.7 Å². The Morgan fingerprint density at radius 1 is 1.00 bits per heavy atom. The van der Waals surface area contributed by atoms with E-state index in [1.54, 1.807) is 7.11 Å². The number of aliphatic hydroxyl groups excluding tert-OH is 2. The molecule has 0 aromatic carbocycles. The first kappa shape index (κ1) is 23.8. The molecule has 4 rings (SSSR count). The van der Waals surface area contributed by atoms with Gasteiger partial charge in [-0.15, -0.1) is 0 Å². The molecule has 0 saturated heterocycles. The van der Waals surface area contributed by atoms with E-state index in [0.717, 1.165) is 31.1 Å². The molecule has 31 heavy (non-hydrogen) atoms. The van der Waals surface area contributed by atoms with Crippen molar-refractivity contribution in [3.8, 4) is 0 Å². The molecule has 4 aliphatic carbocycles. The van der Waals surface area contributed by atoms with Crippen LogP contribution in [0.25, 0.3) is 0 Å². The number of ether oxygens (including phenoxy) is 1. The van der Waals surface area contributed by atoms with Gasteiger partial charge in [0, 0.05) is 18.9 Å². The van der Waals surface area contributed by atoms with Crippen molar-refractivity contribution in [2.45, 2.75) is 110 Å². The van der Waals surface area contributed by atoms with Gasteiger partial charge < -0.3 is 14.9 Å². The quantitative estimate of drug-likeness (QED) is 0.525. The van der Waals surface area contributed by atoms with Crippen LogP contribution in [0.2, 0.25) is 0 Å². The Kier molecular flexibility index (Phi) is 6.47. The number of methoxy groups -OCH3 is 1. The summed E-state index contributed by atoms with van der Waals surface area (Å²) < 4.78 is 6.16. The predicted molar refractivity (Wildman–Crippen MR) is 127 cm³/mol. The van der Waals surface area contributed by atoms with Crippen LogP contribution in [-0.4, -0.2) is 35.1 Å². The van der Waals surface area contributed by atoms with Gasteiger partial charge in [0.2, 0.25) is 0 Å². The van der Waals surface area contributed by atoms with Crippen LogP contribution in [0.15, 0.2) is 12.2 Å². The van der Waals surface area contributed by atoms with Gasteiger partial charge in [-0.25, -0.2) is 0 Å². The van der Waals surface area contributed by atoms with Gasteiger partial charge in [0.1, 0.15) is 5.60 Å². The molecule has 2 N–H and O–H groups in total. The van der Waals surface area contributed by atoms with Gasteiger partial charge in [-0.1, -0.05) is 46.8 Å². The van der Waals surface area contributed by atoms with E-state index in [1.807, 2.05) is 0 Å². The van der Waals surface area contributed by atoms with E-state index in [9.17, 15) is 10.2 Å². The number of hydrogen-bond acceptors (Lipinski definition) is 3. The second-order valence-corrected chi connectivity index (χ2v) is 12.7. The first-order valence-corrected chi connectivity index (χ1v) is 13.2. The molecule has 0 unspecified atom stereocenters. The van der Waals surface area contributed by atoms with Gasteiger partial charge in [-0.3, -0.25) is 0 Å². The van der Waals surface area contributed by atoms with Crippen molar-refractivity contribution in [3.63, 3.8) is 0 Å². The lowest BCUT2D eigenvalue weighted by Gasteiger charge is -2.66. The Morgan fingerprint density at radius 2 is 1.74 bits per heavy atom. The van der Waals surface area contributed by atoms with Crippen molar-refractivity contribution in [2.75, 3.05) is 7.11 Å². The molecular weight excluding hydrogens is 384 g/mol. The molecule has 178 valence electrons. The van der Waals surface area contributed by atoms with Gasteiger partial charge >= 0.3 is 0 Å². The van der Waals surface area contributed by atoms with Gasteiger partial charge in [-0.2, -0.15) is 0 Å². The molecule has 0 aromatic heterocycles. The van der Waals surface area contributed by atoms with Crippen LogP contribution in [0.5, 0.6) is 0 Å². The van der Waals surface area contributed by atoms with Crippen molar-refractivity contribution in [1.82, 2.24) is 0 Å². The number of rotatable bonds is 5. The molecule has 0 aliphatic heterocycles. The molecule has 4 saturated carbocycles. The first-order chi connectivity index (χ1) is 14.6. The van der Waals surface area contributed by atoms with Crippen LogP contribution < -0.4 is 0 Å². The summed E-state index contributed by atoms with van der Waals surface area (Å²) in [5, 5.41) is 21.9. The lowest BCUT2D eigenvalue weighted by atomic mass is 9.42. The minimum Gasteiger partial charge on any atom is -0.393 e. The maximum atomic E-state index is 11.5. The zero-order valence-corrected chi connectivity index (χ0v) is 20.9. The van der Waals surface area contributed by atoms with Crippen molar-refractivity contribution in [3.05, 3.63) is 12.2 Å². The Hall–Kier alpha value is -0.380. The molecule has 4 aliphatic rings. The molecule has 0 radical (unpaired) electrons. The third-order valence-corrected chi connectivity index (χ3v) is 10.9. The highest BCUT2D eigenvalue weighted by Gasteiger charge is 2.68. The summed E-state index contributed by atoms with van der Waals surface area (Å²) in [5.74, 6) is 4.03. The van der Waals surface area contributed by atoms with Crippen LogP contribution >= 0.6 is 0 Å². The lowest BCUT2D eigenvalue weighted by molar-refractivity contribution is -0.275. The van der Waals surface area contributed by atoms with E-state index >= 15 is 0 Å². The molecule has 4 fully saturated rings. The molecule has 0 amide bonds. The van der Waals surface area contributed by atoms with E-state index in [0.29, 0.717) is 35.5 Å². The number of fused-ring (bicyclic) bond motifs is 5. The maximum absolute atomic E-state index is 11.5. The first-order valence-electron chi connectivity index (χ1n) is 13.2. The summed E-state index contributed by atoms with van der Waals surface area (Å²) in [6.45, 7) is 12.0. The van der Waals surface area contributed by atoms with Crippen LogP contribution in [0.1, 0.15) is 92.4 Å². The molecule has 0 bridgehead atoms. The lowest BCUT2D eigenvalue weighted by Crippen LogP contribution is -2.69. The van der Waals surface area contributed by atoms with E-state index in [-0.39, 0.29) is 11.5 Å². The Bertz CT molecular complexity index is 673. The highest BCUT2D eigenvalue weighted by molar-refractivity contribution is 5.18. The normalized spacial score (nSPS) is 50.9. The van der Waals surface area contributed by atoms with Gasteiger partial charge in [-0.05, 0) is 92.3 Å². The number of hydrogen-bond donors (Lipinski definition) is 2. The second kappa shape index (κ2) is 8.44. The summed E-state index contributed by atoms with van der Waals surface area (Å²) in [6, 6.07) is 0. The van der Waals surface area contributed by atoms with Crippen LogP contribution in [-0.2, 0) is 4.74 Å². The van der Waals surface area contributed by atoms with Gasteiger partial charge in [0.05, 0.1) is 12.2 Å². The van der Waals surface area contributed by atoms with Crippen LogP contribution in [0, 0.1) is 46.3 Å². The molecule has 3 nitrogen and oxygen atoms in total. The molecule has 0 heterocycles. The Balaban J connectivity index is 1.58. The molecule has 10 atom stereocenters. The summed E-state index contributed by atoms with van der Waals surface area (Å²) >= 11 is 0. The second-order valence-electron chi connectivity index (χ2n) is 12.7. The summed E-state index contributed by atoms with van der Waals surface area (Å²) in [5.41, 5.74) is -0.226. The fourth-order valence-corrected chi connectivity index (χ4v) is 9.29. The minimum absolute atomic E-state index is 0.0362. The third kappa shape index (κ3) is 3.56. The molecule has 0 aromatic rings. The van der Waals surface area contributed by atoms with E-state index in [4.69, 9.17) is 4.74 Å². The zero-order valence-electron chi connectivity index (χ0n) is 20.9. The SMILES string of the molecule is CO[C@]12C[C@@H](O)CC[C@]1(C)[C@H]1CC[C@]3(C)[C@@H]([C@H](C)/C=C/CC(C)C)CC[C@H]3[C@@H]1C[C@H]2O. The zero-order chi connectivity index (χ0) is 22.6. The summed E-state index contributed by atoms with van der Waals surface area (Å²) in [4.78, 5) is 0. The number of allylic oxidation sites excluding steroid dienone is 2. The third-order valence-electron chi connectivity index (χ3n) is 10.9. The fourth-order valence-electron chi connectivity index (χ4n) is 9.29. The average molecular weight is 433 g/mol. The van der Waals surface area contributed by atoms with E-state index < -0.39 is 11.7 Å². The standard InChI is InChI=1S/C28H48O3/c1-18(2)8-7-9-19(3)22-10-11-23-21-16-25(30)28(31-6)17-20(29)12-15-27(28,5)24(21)13-14-26(22,23)4/h7,9,18-25,29-30H,8,10-17H2,1-6H3/b9-7+/t19-,20+,21+,22-,23+,24+,25-,26-,27-,28+/m1/s1. The average Bonchev–Trinajstić information content (AvgIpc) is 3.06. The molecule has 3 heteroatoms. The van der Waals surface area contributed by atoms with Crippen LogP contribution in [0.3, 0.4) is 0 Å². The van der Waals surface area contributed by atoms with Crippen molar-refractivity contribution >= 4 is 0 Å². The maximum Gasteiger partial charge on any atom is 0.102 e. The van der Waals surface area contributed by atoms with Gasteiger partial charge in [0.25, 0.3) is 0 Å². The highest BCUT2D eigenvalue weighted by atomic mass is 16.5. The van der Waals surface area contributed by atoms with E-state index in [2.05, 4.69) is 46.8 Å². The van der Waals surface area contributed by atoms with Crippen molar-refractivity contribution < 1.29 is 14.9 Å². The van der Waals surface area contributed by atoms with Crippen LogP contribution in [0.4, 0.5) is 0 Å². The fraction of sp³-hybridized carbons (Fsp3) is 0.929. The summed E-state index contributed by atoms with van der Waals surface area (Å²) in [6.07, 6.45) is 13.8. The smallest absolute Gasteiger partial charge is 0.102 e. The van der Waals surface area contributed by atoms with E-state index in [1.165, 1.54) is 32.1 Å². The van der Waals surface area contributed by atoms with Gasteiger partial charge in [0.15, 0.2) is 0 Å². The molecule has 0 spiro atoms. The monoisotopic (exact) mass is 432 g/mol. The Labute approximate surface area is 191 Å². The summed E-state index contributed by atoms with van der Waals surface area (Å²) in [7, 11) is 1.77.